The van der Waals surface area contributed by atoms with E-state index in [1.165, 1.54) is 5.56 Å². The Balaban J connectivity index is 2.50. The van der Waals surface area contributed by atoms with Gasteiger partial charge in [-0.1, -0.05) is 32.0 Å². The van der Waals surface area contributed by atoms with Gasteiger partial charge in [0.25, 0.3) is 0 Å². The molecule has 0 aliphatic heterocycles. The molecule has 0 amide bonds. The van der Waals surface area contributed by atoms with E-state index in [1.807, 2.05) is 36.5 Å². The molecule has 0 aliphatic carbocycles. The highest BCUT2D eigenvalue weighted by Crippen LogP contribution is 2.23. The average Bonchev–Trinajstić information content (AvgIpc) is 2.73. The van der Waals surface area contributed by atoms with E-state index in [0.29, 0.717) is 5.92 Å². The van der Waals surface area contributed by atoms with E-state index in [-0.39, 0.29) is 6.61 Å². The highest BCUT2D eigenvalue weighted by atomic mass is 16.3. The first kappa shape index (κ1) is 11.0. The van der Waals surface area contributed by atoms with Crippen LogP contribution in [0, 0.1) is 0 Å². The molecular weight excluding hydrogens is 198 g/mol. The Bertz CT molecular complexity index is 457. The summed E-state index contributed by atoms with van der Waals surface area (Å²) in [7, 11) is 0. The van der Waals surface area contributed by atoms with Gasteiger partial charge in [-0.2, -0.15) is 0 Å². The molecule has 0 fully saturated rings. The molecule has 0 unspecified atom stereocenters. The zero-order valence-corrected chi connectivity index (χ0v) is 9.72. The normalized spacial score (nSPS) is 11.0. The van der Waals surface area contributed by atoms with Crippen molar-refractivity contribution in [2.45, 2.75) is 26.4 Å². The number of aliphatic hydroxyl groups excluding tert-OH is 1. The van der Waals surface area contributed by atoms with Crippen LogP contribution >= 0.6 is 0 Å². The van der Waals surface area contributed by atoms with Crippen molar-refractivity contribution in [2.24, 2.45) is 0 Å². The number of para-hydroxylation sites is 1. The number of rotatable bonds is 3. The van der Waals surface area contributed by atoms with E-state index in [4.69, 9.17) is 0 Å². The zero-order chi connectivity index (χ0) is 11.5. The van der Waals surface area contributed by atoms with Crippen LogP contribution in [0.4, 0.5) is 0 Å². The first-order chi connectivity index (χ1) is 7.74. The molecule has 2 nitrogen and oxygen atoms in total. The van der Waals surface area contributed by atoms with Crippen molar-refractivity contribution >= 4 is 0 Å². The topological polar surface area (TPSA) is 25.2 Å². The van der Waals surface area contributed by atoms with Crippen molar-refractivity contribution in [3.8, 4) is 5.69 Å². The molecule has 2 rings (SSSR count). The van der Waals surface area contributed by atoms with Crippen molar-refractivity contribution in [3.05, 3.63) is 53.9 Å². The molecule has 2 aromatic rings. The SMILES string of the molecule is CC(C)c1ccn(-c2ccccc2)c1CO. The Kier molecular flexibility index (Phi) is 3.11. The second-order valence-corrected chi connectivity index (χ2v) is 4.24. The molecule has 0 radical (unpaired) electrons. The quantitative estimate of drug-likeness (QED) is 0.836. The first-order valence-electron chi connectivity index (χ1n) is 5.60. The van der Waals surface area contributed by atoms with E-state index in [9.17, 15) is 5.11 Å². The molecule has 1 heterocycles. The standard InChI is InChI=1S/C14H17NO/c1-11(2)13-8-9-15(14(13)10-16)12-6-4-3-5-7-12/h3-9,11,16H,10H2,1-2H3. The average molecular weight is 215 g/mol. The summed E-state index contributed by atoms with van der Waals surface area (Å²) in [6.07, 6.45) is 2.02. The number of benzene rings is 1. The molecule has 0 saturated heterocycles. The summed E-state index contributed by atoms with van der Waals surface area (Å²) >= 11 is 0. The summed E-state index contributed by atoms with van der Waals surface area (Å²) in [5.74, 6) is 0.437. The van der Waals surface area contributed by atoms with Crippen molar-refractivity contribution < 1.29 is 5.11 Å². The van der Waals surface area contributed by atoms with Crippen LogP contribution in [0.15, 0.2) is 42.6 Å². The Morgan fingerprint density at radius 1 is 1.12 bits per heavy atom. The third kappa shape index (κ3) is 1.89. The van der Waals surface area contributed by atoms with E-state index in [2.05, 4.69) is 24.5 Å². The Morgan fingerprint density at radius 3 is 2.38 bits per heavy atom. The molecule has 84 valence electrons. The molecule has 1 N–H and O–H groups in total. The molecule has 2 heteroatoms. The van der Waals surface area contributed by atoms with Crippen LogP contribution in [-0.4, -0.2) is 9.67 Å². The smallest absolute Gasteiger partial charge is 0.0839 e. The van der Waals surface area contributed by atoms with Crippen LogP contribution in [-0.2, 0) is 6.61 Å². The van der Waals surface area contributed by atoms with E-state index in [1.54, 1.807) is 0 Å². The van der Waals surface area contributed by atoms with Gasteiger partial charge in [0.2, 0.25) is 0 Å². The van der Waals surface area contributed by atoms with Crippen LogP contribution in [0.3, 0.4) is 0 Å². The number of aromatic nitrogens is 1. The maximum atomic E-state index is 9.48. The molecule has 16 heavy (non-hydrogen) atoms. The minimum atomic E-state index is 0.0788. The minimum absolute atomic E-state index is 0.0788. The number of hydrogen-bond acceptors (Lipinski definition) is 1. The predicted molar refractivity (Wildman–Crippen MR) is 65.8 cm³/mol. The fraction of sp³-hybridized carbons (Fsp3) is 0.286. The van der Waals surface area contributed by atoms with Gasteiger partial charge in [0.05, 0.1) is 12.3 Å². The molecule has 1 aromatic heterocycles. The van der Waals surface area contributed by atoms with Crippen molar-refractivity contribution in [1.82, 2.24) is 4.57 Å². The third-order valence-corrected chi connectivity index (χ3v) is 2.83. The van der Waals surface area contributed by atoms with Crippen LogP contribution in [0.2, 0.25) is 0 Å². The molecule has 0 aliphatic rings. The zero-order valence-electron chi connectivity index (χ0n) is 9.72. The van der Waals surface area contributed by atoms with Crippen LogP contribution in [0.5, 0.6) is 0 Å². The molecule has 0 atom stereocenters. The lowest BCUT2D eigenvalue weighted by atomic mass is 10.0. The number of nitrogens with zero attached hydrogens (tertiary/aromatic N) is 1. The summed E-state index contributed by atoms with van der Waals surface area (Å²) in [5.41, 5.74) is 3.30. The van der Waals surface area contributed by atoms with Crippen LogP contribution < -0.4 is 0 Å². The lowest BCUT2D eigenvalue weighted by molar-refractivity contribution is 0.273. The molecule has 0 saturated carbocycles. The highest BCUT2D eigenvalue weighted by Gasteiger charge is 2.11. The van der Waals surface area contributed by atoms with Gasteiger partial charge in [-0.05, 0) is 29.7 Å². The maximum Gasteiger partial charge on any atom is 0.0839 e. The van der Waals surface area contributed by atoms with Crippen molar-refractivity contribution in [1.29, 1.82) is 0 Å². The summed E-state index contributed by atoms with van der Waals surface area (Å²) in [6.45, 7) is 4.36. The molecule has 0 bridgehead atoms. The fourth-order valence-electron chi connectivity index (χ4n) is 2.00. The van der Waals surface area contributed by atoms with Gasteiger partial charge in [-0.3, -0.25) is 0 Å². The van der Waals surface area contributed by atoms with E-state index >= 15 is 0 Å². The van der Waals surface area contributed by atoms with Gasteiger partial charge in [0.1, 0.15) is 0 Å². The minimum Gasteiger partial charge on any atom is -0.390 e. The Morgan fingerprint density at radius 2 is 1.81 bits per heavy atom. The molecular formula is C14H17NO. The summed E-state index contributed by atoms with van der Waals surface area (Å²) in [4.78, 5) is 0. The summed E-state index contributed by atoms with van der Waals surface area (Å²) in [5, 5.41) is 9.48. The van der Waals surface area contributed by atoms with Gasteiger partial charge in [-0.15, -0.1) is 0 Å². The maximum absolute atomic E-state index is 9.48. The van der Waals surface area contributed by atoms with Crippen LogP contribution in [0.1, 0.15) is 31.0 Å². The Labute approximate surface area is 96.2 Å². The predicted octanol–water partition coefficient (Wildman–Crippen LogP) is 3.09. The summed E-state index contributed by atoms with van der Waals surface area (Å²) < 4.78 is 2.05. The second-order valence-electron chi connectivity index (χ2n) is 4.24. The largest absolute Gasteiger partial charge is 0.390 e. The van der Waals surface area contributed by atoms with Crippen LogP contribution in [0.25, 0.3) is 5.69 Å². The van der Waals surface area contributed by atoms with Gasteiger partial charge in [0, 0.05) is 11.9 Å². The van der Waals surface area contributed by atoms with Gasteiger partial charge >= 0.3 is 0 Å². The Hall–Kier alpha value is -1.54. The van der Waals surface area contributed by atoms with E-state index < -0.39 is 0 Å². The first-order valence-corrected chi connectivity index (χ1v) is 5.60. The lowest BCUT2D eigenvalue weighted by Crippen LogP contribution is -2.02. The van der Waals surface area contributed by atoms with Gasteiger partial charge in [-0.25, -0.2) is 0 Å². The highest BCUT2D eigenvalue weighted by molar-refractivity contribution is 5.38. The van der Waals surface area contributed by atoms with Gasteiger partial charge < -0.3 is 9.67 Å². The molecule has 0 spiro atoms. The lowest BCUT2D eigenvalue weighted by Gasteiger charge is -2.11. The van der Waals surface area contributed by atoms with E-state index in [0.717, 1.165) is 11.4 Å². The molecule has 1 aromatic carbocycles. The third-order valence-electron chi connectivity index (χ3n) is 2.83. The second kappa shape index (κ2) is 4.54. The monoisotopic (exact) mass is 215 g/mol. The van der Waals surface area contributed by atoms with Crippen molar-refractivity contribution in [2.75, 3.05) is 0 Å². The number of hydrogen-bond donors (Lipinski definition) is 1. The fourth-order valence-corrected chi connectivity index (χ4v) is 2.00. The van der Waals surface area contributed by atoms with Gasteiger partial charge in [0.15, 0.2) is 0 Å². The summed E-state index contributed by atoms with van der Waals surface area (Å²) in [6, 6.07) is 12.2. The number of aliphatic hydroxyl groups is 1. The van der Waals surface area contributed by atoms with Crippen molar-refractivity contribution in [3.63, 3.8) is 0 Å².